The fourth-order valence-corrected chi connectivity index (χ4v) is 1.80. The fraction of sp³-hybridized carbons (Fsp3) is 0.462. The normalized spacial score (nSPS) is 13.6. The molecule has 0 saturated carbocycles. The maximum Gasteiger partial charge on any atom is 0.269 e. The molecule has 0 aliphatic heterocycles. The number of carbonyl (C=O) groups excluding carboxylic acids is 1. The highest BCUT2D eigenvalue weighted by atomic mass is 16.6. The Hall–Kier alpha value is -1.95. The Bertz CT molecular complexity index is 472. The first-order chi connectivity index (χ1) is 8.86. The fourth-order valence-electron chi connectivity index (χ4n) is 1.80. The Labute approximate surface area is 112 Å². The molecule has 1 amide bonds. The summed E-state index contributed by atoms with van der Waals surface area (Å²) < 4.78 is 0. The van der Waals surface area contributed by atoms with Crippen molar-refractivity contribution in [2.45, 2.75) is 38.8 Å². The molecule has 3 N–H and O–H groups in total. The lowest BCUT2D eigenvalue weighted by molar-refractivity contribution is -0.384. The first kappa shape index (κ1) is 15.1. The summed E-state index contributed by atoms with van der Waals surface area (Å²) in [7, 11) is 0. The molecule has 0 bridgehead atoms. The molecule has 0 saturated heterocycles. The van der Waals surface area contributed by atoms with E-state index in [2.05, 4.69) is 5.32 Å². The van der Waals surface area contributed by atoms with Crippen LogP contribution in [0.4, 0.5) is 5.69 Å². The van der Waals surface area contributed by atoms with Crippen molar-refractivity contribution in [3.8, 4) is 0 Å². The van der Waals surface area contributed by atoms with Gasteiger partial charge in [0, 0.05) is 18.7 Å². The lowest BCUT2D eigenvalue weighted by Crippen LogP contribution is -2.51. The molecule has 0 aromatic heterocycles. The van der Waals surface area contributed by atoms with Crippen LogP contribution in [0.3, 0.4) is 0 Å². The van der Waals surface area contributed by atoms with Gasteiger partial charge in [0.2, 0.25) is 5.91 Å². The van der Waals surface area contributed by atoms with Crippen molar-refractivity contribution in [2.24, 2.45) is 5.73 Å². The van der Waals surface area contributed by atoms with Crippen LogP contribution in [0.25, 0.3) is 0 Å². The van der Waals surface area contributed by atoms with Gasteiger partial charge in [-0.2, -0.15) is 0 Å². The zero-order valence-electron chi connectivity index (χ0n) is 11.2. The highest BCUT2D eigenvalue weighted by Gasteiger charge is 2.26. The zero-order chi connectivity index (χ0) is 14.5. The molecular weight excluding hydrogens is 246 g/mol. The second kappa shape index (κ2) is 6.29. The quantitative estimate of drug-likeness (QED) is 0.604. The van der Waals surface area contributed by atoms with E-state index in [1.54, 1.807) is 19.1 Å². The number of nitrogens with two attached hydrogens (primary N) is 1. The minimum atomic E-state index is -0.907. The van der Waals surface area contributed by atoms with Crippen molar-refractivity contribution in [2.75, 3.05) is 0 Å². The molecule has 1 aromatic rings. The minimum absolute atomic E-state index is 0.0100. The molecule has 6 nitrogen and oxygen atoms in total. The van der Waals surface area contributed by atoms with Crippen LogP contribution in [0.2, 0.25) is 0 Å². The average molecular weight is 265 g/mol. The third-order valence-electron chi connectivity index (χ3n) is 2.86. The predicted molar refractivity (Wildman–Crippen MR) is 72.4 cm³/mol. The molecule has 0 fully saturated rings. The van der Waals surface area contributed by atoms with Crippen molar-refractivity contribution in [1.29, 1.82) is 0 Å². The van der Waals surface area contributed by atoms with Gasteiger partial charge in [-0.25, -0.2) is 0 Å². The largest absolute Gasteiger partial charge is 0.350 e. The monoisotopic (exact) mass is 265 g/mol. The van der Waals surface area contributed by atoms with Gasteiger partial charge in [-0.1, -0.05) is 25.5 Å². The summed E-state index contributed by atoms with van der Waals surface area (Å²) in [6, 6.07) is 6.16. The van der Waals surface area contributed by atoms with Gasteiger partial charge in [-0.3, -0.25) is 14.9 Å². The molecule has 0 spiro atoms. The topological polar surface area (TPSA) is 98.3 Å². The molecule has 1 rings (SSSR count). The Morgan fingerprint density at radius 3 is 2.79 bits per heavy atom. The molecule has 0 heterocycles. The molecule has 19 heavy (non-hydrogen) atoms. The predicted octanol–water partition coefficient (Wildman–Crippen LogP) is 1.73. The lowest BCUT2D eigenvalue weighted by atomic mass is 9.96. The number of hydrogen-bond acceptors (Lipinski definition) is 4. The molecule has 104 valence electrons. The Morgan fingerprint density at radius 1 is 1.53 bits per heavy atom. The van der Waals surface area contributed by atoms with E-state index >= 15 is 0 Å². The number of non-ortho nitro benzene ring substituents is 1. The first-order valence-electron chi connectivity index (χ1n) is 6.17. The Morgan fingerprint density at radius 2 is 2.21 bits per heavy atom. The molecule has 0 aliphatic carbocycles. The van der Waals surface area contributed by atoms with Crippen LogP contribution in [0, 0.1) is 10.1 Å². The van der Waals surface area contributed by atoms with Gasteiger partial charge in [-0.05, 0) is 18.9 Å². The number of nitro groups is 1. The van der Waals surface area contributed by atoms with Gasteiger partial charge in [0.05, 0.1) is 10.5 Å². The Balaban J connectivity index is 2.64. The van der Waals surface area contributed by atoms with Gasteiger partial charge in [0.25, 0.3) is 5.69 Å². The third kappa shape index (κ3) is 4.33. The van der Waals surface area contributed by atoms with Crippen molar-refractivity contribution < 1.29 is 9.72 Å². The number of nitro benzene ring substituents is 1. The molecule has 1 unspecified atom stereocenters. The van der Waals surface area contributed by atoms with Crippen LogP contribution in [-0.2, 0) is 11.3 Å². The number of nitrogens with one attached hydrogen (secondary N) is 1. The lowest BCUT2D eigenvalue weighted by Gasteiger charge is -2.22. The van der Waals surface area contributed by atoms with Crippen LogP contribution < -0.4 is 11.1 Å². The van der Waals surface area contributed by atoms with Crippen molar-refractivity contribution in [1.82, 2.24) is 5.32 Å². The number of carbonyl (C=O) groups is 1. The SMILES string of the molecule is CCCC(C)(N)C(=O)NCc1cccc([N+](=O)[O-])c1. The maximum absolute atomic E-state index is 11.9. The van der Waals surface area contributed by atoms with Crippen LogP contribution in [0.15, 0.2) is 24.3 Å². The standard InChI is InChI=1S/C13H19N3O3/c1-3-7-13(2,14)12(17)15-9-10-5-4-6-11(8-10)16(18)19/h4-6,8H,3,7,9,14H2,1-2H3,(H,15,17). The Kier molecular flexibility index (Phi) is 5.00. The molecule has 0 aliphatic rings. The van der Waals surface area contributed by atoms with Gasteiger partial charge in [0.15, 0.2) is 0 Å². The zero-order valence-corrected chi connectivity index (χ0v) is 11.2. The number of hydrogen-bond donors (Lipinski definition) is 2. The highest BCUT2D eigenvalue weighted by Crippen LogP contribution is 2.13. The van der Waals surface area contributed by atoms with Crippen molar-refractivity contribution in [3.63, 3.8) is 0 Å². The highest BCUT2D eigenvalue weighted by molar-refractivity contribution is 5.85. The minimum Gasteiger partial charge on any atom is -0.350 e. The molecule has 1 aromatic carbocycles. The van der Waals surface area contributed by atoms with E-state index in [0.29, 0.717) is 12.0 Å². The molecule has 0 radical (unpaired) electrons. The first-order valence-corrected chi connectivity index (χ1v) is 6.17. The summed E-state index contributed by atoms with van der Waals surface area (Å²) in [6.45, 7) is 3.87. The van der Waals surface area contributed by atoms with Crippen molar-refractivity contribution >= 4 is 11.6 Å². The van der Waals surface area contributed by atoms with E-state index in [0.717, 1.165) is 6.42 Å². The summed E-state index contributed by atoms with van der Waals surface area (Å²) >= 11 is 0. The number of nitrogens with zero attached hydrogens (tertiary/aromatic N) is 1. The summed E-state index contributed by atoms with van der Waals surface area (Å²) in [4.78, 5) is 22.0. The maximum atomic E-state index is 11.9. The van der Waals surface area contributed by atoms with Crippen molar-refractivity contribution in [3.05, 3.63) is 39.9 Å². The summed E-state index contributed by atoms with van der Waals surface area (Å²) in [5.41, 5.74) is 5.67. The van der Waals surface area contributed by atoms with Gasteiger partial charge >= 0.3 is 0 Å². The van der Waals surface area contributed by atoms with E-state index in [4.69, 9.17) is 5.73 Å². The van der Waals surface area contributed by atoms with E-state index in [-0.39, 0.29) is 18.1 Å². The second-order valence-electron chi connectivity index (χ2n) is 4.78. The number of benzene rings is 1. The van der Waals surface area contributed by atoms with Crippen LogP contribution in [0.1, 0.15) is 32.3 Å². The number of amides is 1. The van der Waals surface area contributed by atoms with E-state index in [1.807, 2.05) is 6.92 Å². The van der Waals surface area contributed by atoms with E-state index < -0.39 is 10.5 Å². The van der Waals surface area contributed by atoms with Gasteiger partial charge in [0.1, 0.15) is 0 Å². The van der Waals surface area contributed by atoms with E-state index in [1.165, 1.54) is 12.1 Å². The summed E-state index contributed by atoms with van der Waals surface area (Å²) in [5, 5.41) is 13.3. The third-order valence-corrected chi connectivity index (χ3v) is 2.86. The average Bonchev–Trinajstić information content (AvgIpc) is 2.36. The van der Waals surface area contributed by atoms with Gasteiger partial charge in [-0.15, -0.1) is 0 Å². The second-order valence-corrected chi connectivity index (χ2v) is 4.78. The van der Waals surface area contributed by atoms with Crippen LogP contribution >= 0.6 is 0 Å². The van der Waals surface area contributed by atoms with Crippen LogP contribution in [-0.4, -0.2) is 16.4 Å². The summed E-state index contributed by atoms with van der Waals surface area (Å²) in [6.07, 6.45) is 1.41. The summed E-state index contributed by atoms with van der Waals surface area (Å²) in [5.74, 6) is -0.249. The molecule has 1 atom stereocenters. The molecular formula is C13H19N3O3. The molecule has 6 heteroatoms. The van der Waals surface area contributed by atoms with Gasteiger partial charge < -0.3 is 11.1 Å². The van der Waals surface area contributed by atoms with Crippen LogP contribution in [0.5, 0.6) is 0 Å². The number of rotatable bonds is 6. The smallest absolute Gasteiger partial charge is 0.269 e. The van der Waals surface area contributed by atoms with E-state index in [9.17, 15) is 14.9 Å².